The van der Waals surface area contributed by atoms with Crippen LogP contribution in [0.5, 0.6) is 0 Å². The van der Waals surface area contributed by atoms with Crippen molar-refractivity contribution in [1.82, 2.24) is 4.98 Å². The lowest BCUT2D eigenvalue weighted by Gasteiger charge is -2.00. The number of rotatable bonds is 4. The maximum absolute atomic E-state index is 4.27. The van der Waals surface area contributed by atoms with Crippen molar-refractivity contribution in [3.05, 3.63) is 46.5 Å². The lowest BCUT2D eigenvalue weighted by atomic mass is 10.1. The zero-order valence-electron chi connectivity index (χ0n) is 9.66. The van der Waals surface area contributed by atoms with Crippen LogP contribution in [0, 0.1) is 0 Å². The molecule has 0 aliphatic heterocycles. The lowest BCUT2D eigenvalue weighted by molar-refractivity contribution is 1.12. The van der Waals surface area contributed by atoms with Gasteiger partial charge in [-0.3, -0.25) is 0 Å². The summed E-state index contributed by atoms with van der Waals surface area (Å²) in [5.74, 6) is 0. The van der Waals surface area contributed by atoms with Crippen molar-refractivity contribution in [3.63, 3.8) is 0 Å². The molecule has 0 bridgehead atoms. The molecule has 0 spiro atoms. The average Bonchev–Trinajstić information content (AvgIpc) is 2.78. The highest BCUT2D eigenvalue weighted by molar-refractivity contribution is 7.15. The topological polar surface area (TPSA) is 24.9 Å². The first kappa shape index (κ1) is 11.1. The quantitative estimate of drug-likeness (QED) is 0.874. The second kappa shape index (κ2) is 5.12. The molecule has 84 valence electrons. The second-order valence-electron chi connectivity index (χ2n) is 3.73. The molecule has 0 aliphatic carbocycles. The highest BCUT2D eigenvalue weighted by Crippen LogP contribution is 2.20. The number of anilines is 1. The molecule has 1 N–H and O–H groups in total. The van der Waals surface area contributed by atoms with Gasteiger partial charge in [0.15, 0.2) is 5.13 Å². The fraction of sp³-hybridized carbons (Fsp3) is 0.308. The Labute approximate surface area is 100 Å². The van der Waals surface area contributed by atoms with Gasteiger partial charge in [0.25, 0.3) is 0 Å². The van der Waals surface area contributed by atoms with E-state index in [1.54, 1.807) is 11.3 Å². The Kier molecular flexibility index (Phi) is 3.57. The van der Waals surface area contributed by atoms with E-state index in [0.29, 0.717) is 0 Å². The van der Waals surface area contributed by atoms with Gasteiger partial charge >= 0.3 is 0 Å². The predicted octanol–water partition coefficient (Wildman–Crippen LogP) is 3.34. The van der Waals surface area contributed by atoms with Crippen LogP contribution in [0.25, 0.3) is 0 Å². The van der Waals surface area contributed by atoms with Crippen LogP contribution in [-0.2, 0) is 12.8 Å². The zero-order chi connectivity index (χ0) is 11.4. The van der Waals surface area contributed by atoms with Crippen molar-refractivity contribution in [2.75, 3.05) is 12.4 Å². The summed E-state index contributed by atoms with van der Waals surface area (Å²) < 4.78 is 0. The third-order valence-electron chi connectivity index (χ3n) is 2.58. The summed E-state index contributed by atoms with van der Waals surface area (Å²) in [4.78, 5) is 5.57. The SMILES string of the molecule is CCc1ccc(Cc2cnc(NC)s2)cc1. The Bertz CT molecular complexity index is 445. The first-order valence-corrected chi connectivity index (χ1v) is 6.33. The van der Waals surface area contributed by atoms with E-state index in [1.807, 2.05) is 13.2 Å². The monoisotopic (exact) mass is 232 g/mol. The van der Waals surface area contributed by atoms with Crippen LogP contribution in [0.2, 0.25) is 0 Å². The van der Waals surface area contributed by atoms with Gasteiger partial charge in [-0.15, -0.1) is 11.3 Å². The molecule has 0 aliphatic rings. The molecule has 0 radical (unpaired) electrons. The number of hydrogen-bond donors (Lipinski definition) is 1. The predicted molar refractivity (Wildman–Crippen MR) is 70.3 cm³/mol. The molecule has 0 fully saturated rings. The Hall–Kier alpha value is -1.35. The molecule has 2 aromatic rings. The molecule has 3 heteroatoms. The molecule has 1 aromatic heterocycles. The summed E-state index contributed by atoms with van der Waals surface area (Å²) >= 11 is 1.72. The van der Waals surface area contributed by atoms with Gasteiger partial charge in [-0.05, 0) is 17.5 Å². The van der Waals surface area contributed by atoms with Gasteiger partial charge in [-0.1, -0.05) is 31.2 Å². The number of aromatic nitrogens is 1. The normalized spacial score (nSPS) is 10.4. The Morgan fingerprint density at radius 2 is 1.88 bits per heavy atom. The Balaban J connectivity index is 2.08. The van der Waals surface area contributed by atoms with Gasteiger partial charge in [0.05, 0.1) is 0 Å². The van der Waals surface area contributed by atoms with Crippen LogP contribution in [0.1, 0.15) is 22.9 Å². The number of aryl methyl sites for hydroxylation is 1. The van der Waals surface area contributed by atoms with E-state index < -0.39 is 0 Å². The highest BCUT2D eigenvalue weighted by atomic mass is 32.1. The molecule has 2 nitrogen and oxygen atoms in total. The summed E-state index contributed by atoms with van der Waals surface area (Å²) in [7, 11) is 1.90. The van der Waals surface area contributed by atoms with E-state index in [9.17, 15) is 0 Å². The van der Waals surface area contributed by atoms with Crippen LogP contribution in [0.15, 0.2) is 30.5 Å². The lowest BCUT2D eigenvalue weighted by Crippen LogP contribution is -1.86. The van der Waals surface area contributed by atoms with Crippen LogP contribution in [-0.4, -0.2) is 12.0 Å². The number of nitrogens with zero attached hydrogens (tertiary/aromatic N) is 1. The van der Waals surface area contributed by atoms with Gasteiger partial charge in [-0.2, -0.15) is 0 Å². The molecule has 1 heterocycles. The molecule has 2 rings (SSSR count). The third-order valence-corrected chi connectivity index (χ3v) is 3.59. The van der Waals surface area contributed by atoms with Gasteiger partial charge in [0.2, 0.25) is 0 Å². The maximum Gasteiger partial charge on any atom is 0.182 e. The van der Waals surface area contributed by atoms with E-state index in [2.05, 4.69) is 41.5 Å². The third kappa shape index (κ3) is 2.61. The molecular weight excluding hydrogens is 216 g/mol. The standard InChI is InChI=1S/C13H16N2S/c1-3-10-4-6-11(7-5-10)8-12-9-15-13(14-2)16-12/h4-7,9H,3,8H2,1-2H3,(H,14,15). The number of nitrogens with one attached hydrogen (secondary N) is 1. The van der Waals surface area contributed by atoms with Crippen molar-refractivity contribution in [2.45, 2.75) is 19.8 Å². The summed E-state index contributed by atoms with van der Waals surface area (Å²) in [6, 6.07) is 8.82. The molecule has 16 heavy (non-hydrogen) atoms. The van der Waals surface area contributed by atoms with Crippen molar-refractivity contribution in [3.8, 4) is 0 Å². The molecule has 1 aromatic carbocycles. The fourth-order valence-electron chi connectivity index (χ4n) is 1.60. The van der Waals surface area contributed by atoms with Crippen molar-refractivity contribution in [2.24, 2.45) is 0 Å². The highest BCUT2D eigenvalue weighted by Gasteiger charge is 2.01. The van der Waals surface area contributed by atoms with Gasteiger partial charge < -0.3 is 5.32 Å². The molecule has 0 saturated carbocycles. The van der Waals surface area contributed by atoms with Crippen LogP contribution in [0.4, 0.5) is 5.13 Å². The molecule has 0 atom stereocenters. The minimum Gasteiger partial charge on any atom is -0.365 e. The van der Waals surface area contributed by atoms with Crippen molar-refractivity contribution < 1.29 is 0 Å². The van der Waals surface area contributed by atoms with E-state index >= 15 is 0 Å². The fourth-order valence-corrected chi connectivity index (χ4v) is 2.40. The molecular formula is C13H16N2S. The summed E-state index contributed by atoms with van der Waals surface area (Å²) in [6.07, 6.45) is 4.03. The van der Waals surface area contributed by atoms with Crippen LogP contribution < -0.4 is 5.32 Å². The largest absolute Gasteiger partial charge is 0.365 e. The number of hydrogen-bond acceptors (Lipinski definition) is 3. The van der Waals surface area contributed by atoms with Gasteiger partial charge in [-0.25, -0.2) is 4.98 Å². The average molecular weight is 232 g/mol. The molecule has 0 unspecified atom stereocenters. The summed E-state index contributed by atoms with van der Waals surface area (Å²) in [5, 5.41) is 4.05. The van der Waals surface area contributed by atoms with Crippen molar-refractivity contribution >= 4 is 16.5 Å². The zero-order valence-corrected chi connectivity index (χ0v) is 10.5. The Morgan fingerprint density at radius 3 is 2.44 bits per heavy atom. The second-order valence-corrected chi connectivity index (χ2v) is 4.84. The van der Waals surface area contributed by atoms with Gasteiger partial charge in [0, 0.05) is 24.5 Å². The molecule has 0 amide bonds. The maximum atomic E-state index is 4.27. The Morgan fingerprint density at radius 1 is 1.19 bits per heavy atom. The number of thiazole rings is 1. The van der Waals surface area contributed by atoms with Crippen LogP contribution in [0.3, 0.4) is 0 Å². The van der Waals surface area contributed by atoms with Crippen LogP contribution >= 0.6 is 11.3 Å². The molecule has 0 saturated heterocycles. The van der Waals surface area contributed by atoms with E-state index in [4.69, 9.17) is 0 Å². The van der Waals surface area contributed by atoms with E-state index in [-0.39, 0.29) is 0 Å². The number of benzene rings is 1. The van der Waals surface area contributed by atoms with E-state index in [0.717, 1.165) is 18.0 Å². The summed E-state index contributed by atoms with van der Waals surface area (Å²) in [5.41, 5.74) is 2.74. The van der Waals surface area contributed by atoms with E-state index in [1.165, 1.54) is 16.0 Å². The first-order chi connectivity index (χ1) is 7.81. The van der Waals surface area contributed by atoms with Crippen molar-refractivity contribution in [1.29, 1.82) is 0 Å². The minimum atomic E-state index is 0.976. The smallest absolute Gasteiger partial charge is 0.182 e. The summed E-state index contributed by atoms with van der Waals surface area (Å²) in [6.45, 7) is 2.18. The van der Waals surface area contributed by atoms with Gasteiger partial charge in [0.1, 0.15) is 0 Å². The first-order valence-electron chi connectivity index (χ1n) is 5.52. The minimum absolute atomic E-state index is 0.976.